The number of carbonyl (C=O) groups excluding carboxylic acids is 2. The Labute approximate surface area is 141 Å². The topological polar surface area (TPSA) is 90.0 Å². The van der Waals surface area contributed by atoms with Gasteiger partial charge in [-0.15, -0.1) is 0 Å². The summed E-state index contributed by atoms with van der Waals surface area (Å²) in [6, 6.07) is 8.93. The number of amides is 2. The maximum atomic E-state index is 12.5. The van der Waals surface area contributed by atoms with Gasteiger partial charge < -0.3 is 11.1 Å². The molecule has 1 fully saturated rings. The molecule has 3 N–H and O–H groups in total. The van der Waals surface area contributed by atoms with Gasteiger partial charge in [0.1, 0.15) is 6.04 Å². The highest BCUT2D eigenvalue weighted by Gasteiger charge is 2.29. The molecule has 1 aromatic heterocycles. The lowest BCUT2D eigenvalue weighted by atomic mass is 9.83. The van der Waals surface area contributed by atoms with Gasteiger partial charge in [-0.25, -0.2) is 4.68 Å². The molecule has 0 saturated heterocycles. The summed E-state index contributed by atoms with van der Waals surface area (Å²) in [5.74, 6) is -0.651. The van der Waals surface area contributed by atoms with Crippen LogP contribution in [0.3, 0.4) is 0 Å². The fourth-order valence-electron chi connectivity index (χ4n) is 3.28. The summed E-state index contributed by atoms with van der Waals surface area (Å²) in [5.41, 5.74) is 6.80. The van der Waals surface area contributed by atoms with E-state index in [-0.39, 0.29) is 11.8 Å². The van der Waals surface area contributed by atoms with Gasteiger partial charge in [-0.05, 0) is 30.9 Å². The molecular weight excluding hydrogens is 304 g/mol. The zero-order valence-electron chi connectivity index (χ0n) is 13.5. The molecule has 3 rings (SSSR count). The van der Waals surface area contributed by atoms with Gasteiger partial charge in [0.05, 0.1) is 17.4 Å². The summed E-state index contributed by atoms with van der Waals surface area (Å²) >= 11 is 0. The second-order valence-electron chi connectivity index (χ2n) is 6.26. The number of primary amides is 1. The number of nitrogens with two attached hydrogens (primary N) is 1. The number of rotatable bonds is 5. The number of hydrogen-bond acceptors (Lipinski definition) is 3. The molecule has 2 amide bonds. The molecule has 6 heteroatoms. The van der Waals surface area contributed by atoms with E-state index in [1.807, 2.05) is 30.3 Å². The first kappa shape index (κ1) is 16.2. The van der Waals surface area contributed by atoms with Crippen molar-refractivity contribution in [1.29, 1.82) is 0 Å². The molecule has 0 aliphatic heterocycles. The fourth-order valence-corrected chi connectivity index (χ4v) is 3.28. The predicted molar refractivity (Wildman–Crippen MR) is 90.6 cm³/mol. The summed E-state index contributed by atoms with van der Waals surface area (Å²) in [6.07, 6.45) is 8.35. The molecule has 0 spiro atoms. The first-order chi connectivity index (χ1) is 11.6. The maximum absolute atomic E-state index is 12.5. The number of hydrogen-bond donors (Lipinski definition) is 2. The van der Waals surface area contributed by atoms with E-state index in [2.05, 4.69) is 10.4 Å². The molecule has 1 heterocycles. The Kier molecular flexibility index (Phi) is 4.93. The van der Waals surface area contributed by atoms with Crippen molar-refractivity contribution in [2.75, 3.05) is 0 Å². The monoisotopic (exact) mass is 326 g/mol. The minimum Gasteiger partial charge on any atom is -0.368 e. The van der Waals surface area contributed by atoms with E-state index >= 15 is 0 Å². The average Bonchev–Trinajstić information content (AvgIpc) is 3.11. The van der Waals surface area contributed by atoms with E-state index in [1.54, 1.807) is 10.9 Å². The average molecular weight is 326 g/mol. The zero-order valence-corrected chi connectivity index (χ0v) is 13.5. The molecule has 1 unspecified atom stereocenters. The molecule has 24 heavy (non-hydrogen) atoms. The first-order valence-corrected chi connectivity index (χ1v) is 8.35. The smallest absolute Gasteiger partial charge is 0.255 e. The van der Waals surface area contributed by atoms with Crippen molar-refractivity contribution in [2.45, 2.75) is 38.1 Å². The van der Waals surface area contributed by atoms with Gasteiger partial charge in [0, 0.05) is 6.20 Å². The highest BCUT2D eigenvalue weighted by molar-refractivity contribution is 5.97. The quantitative estimate of drug-likeness (QED) is 0.881. The zero-order chi connectivity index (χ0) is 16.9. The molecule has 6 nitrogen and oxygen atoms in total. The molecule has 126 valence electrons. The third-order valence-electron chi connectivity index (χ3n) is 4.58. The van der Waals surface area contributed by atoms with E-state index in [0.717, 1.165) is 31.4 Å². The summed E-state index contributed by atoms with van der Waals surface area (Å²) in [4.78, 5) is 24.3. The summed E-state index contributed by atoms with van der Waals surface area (Å²) in [6.45, 7) is 0. The Morgan fingerprint density at radius 2 is 1.88 bits per heavy atom. The molecule has 2 aromatic rings. The van der Waals surface area contributed by atoms with Crippen molar-refractivity contribution in [3.8, 4) is 5.69 Å². The molecule has 0 bridgehead atoms. The number of carbonyl (C=O) groups is 2. The Morgan fingerprint density at radius 3 is 2.54 bits per heavy atom. The number of para-hydroxylation sites is 1. The van der Waals surface area contributed by atoms with Crippen LogP contribution in [0, 0.1) is 5.92 Å². The van der Waals surface area contributed by atoms with E-state index in [9.17, 15) is 9.59 Å². The van der Waals surface area contributed by atoms with Gasteiger partial charge in [0.2, 0.25) is 5.91 Å². The second kappa shape index (κ2) is 7.29. The van der Waals surface area contributed by atoms with Crippen molar-refractivity contribution in [3.05, 3.63) is 48.3 Å². The van der Waals surface area contributed by atoms with Crippen LogP contribution in [0.15, 0.2) is 42.7 Å². The van der Waals surface area contributed by atoms with Crippen molar-refractivity contribution < 1.29 is 9.59 Å². The molecule has 1 aliphatic carbocycles. The minimum atomic E-state index is -0.613. The molecule has 1 aromatic carbocycles. The van der Waals surface area contributed by atoms with Crippen LogP contribution < -0.4 is 11.1 Å². The highest BCUT2D eigenvalue weighted by atomic mass is 16.2. The third-order valence-corrected chi connectivity index (χ3v) is 4.58. The lowest BCUT2D eigenvalue weighted by Gasteiger charge is -2.28. The van der Waals surface area contributed by atoms with Crippen molar-refractivity contribution in [2.24, 2.45) is 11.7 Å². The fraction of sp³-hybridized carbons (Fsp3) is 0.389. The molecule has 1 aliphatic rings. The van der Waals surface area contributed by atoms with Gasteiger partial charge in [-0.2, -0.15) is 5.10 Å². The summed E-state index contributed by atoms with van der Waals surface area (Å²) in [7, 11) is 0. The predicted octanol–water partition coefficient (Wildman–Crippen LogP) is 2.04. The van der Waals surface area contributed by atoms with Crippen molar-refractivity contribution in [3.63, 3.8) is 0 Å². The maximum Gasteiger partial charge on any atom is 0.255 e. The van der Waals surface area contributed by atoms with Crippen LogP contribution in [0.25, 0.3) is 5.69 Å². The Morgan fingerprint density at radius 1 is 1.17 bits per heavy atom. The first-order valence-electron chi connectivity index (χ1n) is 8.35. The SMILES string of the molecule is NC(=O)C(NC(=O)c1cnn(-c2ccccc2)c1)C1CCCCC1. The molecule has 1 atom stereocenters. The van der Waals surface area contributed by atoms with Gasteiger partial charge >= 0.3 is 0 Å². The standard InChI is InChI=1S/C18H22N4O2/c19-17(23)16(13-7-3-1-4-8-13)21-18(24)14-11-20-22(12-14)15-9-5-2-6-10-15/h2,5-6,9-13,16H,1,3-4,7-8H2,(H2,19,23)(H,21,24). The number of nitrogens with one attached hydrogen (secondary N) is 1. The molecule has 1 saturated carbocycles. The van der Waals surface area contributed by atoms with Crippen molar-refractivity contribution >= 4 is 11.8 Å². The van der Waals surface area contributed by atoms with E-state index < -0.39 is 11.9 Å². The van der Waals surface area contributed by atoms with Gasteiger partial charge in [0.25, 0.3) is 5.91 Å². The molecule has 0 radical (unpaired) electrons. The lowest BCUT2D eigenvalue weighted by molar-refractivity contribution is -0.121. The summed E-state index contributed by atoms with van der Waals surface area (Å²) in [5, 5.41) is 7.01. The normalized spacial score (nSPS) is 16.5. The van der Waals surface area contributed by atoms with Crippen LogP contribution in [0.1, 0.15) is 42.5 Å². The Hall–Kier alpha value is -2.63. The van der Waals surface area contributed by atoms with Gasteiger partial charge in [-0.1, -0.05) is 37.5 Å². The van der Waals surface area contributed by atoms with E-state index in [4.69, 9.17) is 5.73 Å². The number of nitrogens with zero attached hydrogens (tertiary/aromatic N) is 2. The van der Waals surface area contributed by atoms with Crippen LogP contribution in [-0.2, 0) is 4.79 Å². The van der Waals surface area contributed by atoms with E-state index in [1.165, 1.54) is 12.6 Å². The van der Waals surface area contributed by atoms with Gasteiger partial charge in [-0.3, -0.25) is 9.59 Å². The second-order valence-corrected chi connectivity index (χ2v) is 6.26. The minimum absolute atomic E-state index is 0.129. The van der Waals surface area contributed by atoms with Crippen LogP contribution in [-0.4, -0.2) is 27.6 Å². The van der Waals surface area contributed by atoms with E-state index in [0.29, 0.717) is 5.56 Å². The number of aromatic nitrogens is 2. The lowest BCUT2D eigenvalue weighted by Crippen LogP contribution is -2.49. The van der Waals surface area contributed by atoms with Gasteiger partial charge in [0.15, 0.2) is 0 Å². The van der Waals surface area contributed by atoms with Crippen molar-refractivity contribution in [1.82, 2.24) is 15.1 Å². The van der Waals surface area contributed by atoms with Crippen LogP contribution >= 0.6 is 0 Å². The third kappa shape index (κ3) is 3.64. The highest BCUT2D eigenvalue weighted by Crippen LogP contribution is 2.26. The largest absolute Gasteiger partial charge is 0.368 e. The number of benzene rings is 1. The Balaban J connectivity index is 1.71. The summed E-state index contributed by atoms with van der Waals surface area (Å²) < 4.78 is 1.63. The molecular formula is C18H22N4O2. The van der Waals surface area contributed by atoms with Crippen LogP contribution in [0.5, 0.6) is 0 Å². The van der Waals surface area contributed by atoms with Crippen LogP contribution in [0.4, 0.5) is 0 Å². The Bertz CT molecular complexity index is 705. The van der Waals surface area contributed by atoms with Crippen LogP contribution in [0.2, 0.25) is 0 Å².